The minimum absolute atomic E-state index is 0.0578. The fourth-order valence-electron chi connectivity index (χ4n) is 3.51. The lowest BCUT2D eigenvalue weighted by Crippen LogP contribution is -2.38. The summed E-state index contributed by atoms with van der Waals surface area (Å²) in [5.74, 6) is 1.50. The van der Waals surface area contributed by atoms with E-state index >= 15 is 0 Å². The van der Waals surface area contributed by atoms with Gasteiger partial charge in [0, 0.05) is 11.1 Å². The second kappa shape index (κ2) is 5.20. The van der Waals surface area contributed by atoms with Crippen LogP contribution in [-0.4, -0.2) is 21.6 Å². The van der Waals surface area contributed by atoms with Gasteiger partial charge in [-0.3, -0.25) is 0 Å². The smallest absolute Gasteiger partial charge is 0.244 e. The lowest BCUT2D eigenvalue weighted by Gasteiger charge is -2.23. The zero-order valence-corrected chi connectivity index (χ0v) is 12.9. The summed E-state index contributed by atoms with van der Waals surface area (Å²) in [7, 11) is -2.13. The van der Waals surface area contributed by atoms with Gasteiger partial charge in [-0.1, -0.05) is 18.0 Å². The maximum absolute atomic E-state index is 12.5. The van der Waals surface area contributed by atoms with Crippen molar-refractivity contribution in [2.75, 3.05) is 7.11 Å². The molecule has 1 aromatic rings. The number of sulfonamides is 1. The number of methoxy groups -OCH3 is 1. The van der Waals surface area contributed by atoms with Gasteiger partial charge in [0.1, 0.15) is 10.6 Å². The Morgan fingerprint density at radius 1 is 1.30 bits per heavy atom. The van der Waals surface area contributed by atoms with Crippen molar-refractivity contribution in [1.82, 2.24) is 4.72 Å². The van der Waals surface area contributed by atoms with Gasteiger partial charge >= 0.3 is 0 Å². The van der Waals surface area contributed by atoms with E-state index in [2.05, 4.69) is 4.72 Å². The third-order valence-corrected chi connectivity index (χ3v) is 6.21. The molecule has 0 amide bonds. The minimum atomic E-state index is -3.59. The van der Waals surface area contributed by atoms with E-state index in [0.717, 1.165) is 19.3 Å². The van der Waals surface area contributed by atoms with Crippen molar-refractivity contribution in [3.05, 3.63) is 23.2 Å². The Morgan fingerprint density at radius 2 is 2.10 bits per heavy atom. The van der Waals surface area contributed by atoms with Crippen molar-refractivity contribution in [2.24, 2.45) is 11.8 Å². The lowest BCUT2D eigenvalue weighted by atomic mass is 9.96. The van der Waals surface area contributed by atoms with E-state index in [1.165, 1.54) is 19.6 Å². The third kappa shape index (κ3) is 2.54. The first-order valence-electron chi connectivity index (χ1n) is 6.85. The molecule has 3 atom stereocenters. The van der Waals surface area contributed by atoms with E-state index in [-0.39, 0.29) is 10.9 Å². The Kier molecular flexibility index (Phi) is 3.69. The van der Waals surface area contributed by atoms with E-state index in [4.69, 9.17) is 16.3 Å². The van der Waals surface area contributed by atoms with Crippen molar-refractivity contribution < 1.29 is 13.2 Å². The number of hydrogen-bond donors (Lipinski definition) is 1. The van der Waals surface area contributed by atoms with Crippen LogP contribution in [0.15, 0.2) is 23.1 Å². The van der Waals surface area contributed by atoms with Gasteiger partial charge in [0.2, 0.25) is 10.0 Å². The molecule has 0 saturated heterocycles. The molecule has 3 rings (SSSR count). The number of nitrogens with one attached hydrogen (secondary N) is 1. The molecule has 1 aromatic carbocycles. The van der Waals surface area contributed by atoms with Crippen LogP contribution in [0.5, 0.6) is 5.75 Å². The van der Waals surface area contributed by atoms with Gasteiger partial charge in [-0.05, 0) is 49.3 Å². The molecule has 0 radical (unpaired) electrons. The van der Waals surface area contributed by atoms with Crippen molar-refractivity contribution in [3.8, 4) is 5.75 Å². The molecule has 6 heteroatoms. The Labute approximate surface area is 124 Å². The maximum Gasteiger partial charge on any atom is 0.244 e. The molecule has 2 bridgehead atoms. The first-order valence-corrected chi connectivity index (χ1v) is 8.71. The van der Waals surface area contributed by atoms with Crippen LogP contribution in [0.25, 0.3) is 0 Å². The fourth-order valence-corrected chi connectivity index (χ4v) is 5.26. The van der Waals surface area contributed by atoms with E-state index in [1.807, 2.05) is 0 Å². The number of ether oxygens (including phenoxy) is 1. The summed E-state index contributed by atoms with van der Waals surface area (Å²) >= 11 is 5.91. The number of fused-ring (bicyclic) bond motifs is 2. The summed E-state index contributed by atoms with van der Waals surface area (Å²) in [6, 6.07) is 4.70. The molecule has 0 heterocycles. The highest BCUT2D eigenvalue weighted by Gasteiger charge is 2.41. The second-order valence-electron chi connectivity index (χ2n) is 5.70. The average Bonchev–Trinajstić information content (AvgIpc) is 3.00. The molecule has 2 aliphatic rings. The molecule has 2 saturated carbocycles. The number of benzene rings is 1. The van der Waals surface area contributed by atoms with Crippen molar-refractivity contribution in [1.29, 1.82) is 0 Å². The summed E-state index contributed by atoms with van der Waals surface area (Å²) in [6.45, 7) is 0. The van der Waals surface area contributed by atoms with Gasteiger partial charge in [-0.2, -0.15) is 0 Å². The average molecular weight is 316 g/mol. The highest BCUT2D eigenvalue weighted by Crippen LogP contribution is 2.45. The predicted octanol–water partition coefficient (Wildman–Crippen LogP) is 2.82. The highest BCUT2D eigenvalue weighted by atomic mass is 35.5. The van der Waals surface area contributed by atoms with Crippen LogP contribution in [0.2, 0.25) is 5.02 Å². The quantitative estimate of drug-likeness (QED) is 0.929. The number of halogens is 1. The largest absolute Gasteiger partial charge is 0.495 e. The monoisotopic (exact) mass is 315 g/mol. The first-order chi connectivity index (χ1) is 9.49. The Bertz CT molecular complexity index is 617. The Morgan fingerprint density at radius 3 is 2.70 bits per heavy atom. The molecule has 4 nitrogen and oxygen atoms in total. The van der Waals surface area contributed by atoms with E-state index in [0.29, 0.717) is 22.6 Å². The molecule has 0 aromatic heterocycles. The van der Waals surface area contributed by atoms with Crippen molar-refractivity contribution in [2.45, 2.75) is 36.6 Å². The highest BCUT2D eigenvalue weighted by molar-refractivity contribution is 7.89. The lowest BCUT2D eigenvalue weighted by molar-refractivity contribution is 0.385. The van der Waals surface area contributed by atoms with Crippen molar-refractivity contribution >= 4 is 21.6 Å². The molecule has 0 unspecified atom stereocenters. The molecule has 110 valence electrons. The van der Waals surface area contributed by atoms with Gasteiger partial charge in [0.15, 0.2) is 0 Å². The number of rotatable bonds is 4. The molecule has 2 aliphatic carbocycles. The first kappa shape index (κ1) is 14.2. The summed E-state index contributed by atoms with van der Waals surface area (Å²) in [4.78, 5) is 0.121. The molecule has 1 N–H and O–H groups in total. The normalized spacial score (nSPS) is 28.8. The summed E-state index contributed by atoms with van der Waals surface area (Å²) in [6.07, 6.45) is 4.47. The van der Waals surface area contributed by atoms with E-state index in [9.17, 15) is 8.42 Å². The zero-order valence-electron chi connectivity index (χ0n) is 11.3. The van der Waals surface area contributed by atoms with E-state index in [1.54, 1.807) is 12.1 Å². The number of hydrogen-bond acceptors (Lipinski definition) is 3. The summed E-state index contributed by atoms with van der Waals surface area (Å²) in [5, 5.41) is 0.388. The minimum Gasteiger partial charge on any atom is -0.495 e. The van der Waals surface area contributed by atoms with Gasteiger partial charge in [0.05, 0.1) is 7.11 Å². The topological polar surface area (TPSA) is 55.4 Å². The van der Waals surface area contributed by atoms with Gasteiger partial charge in [-0.25, -0.2) is 13.1 Å². The van der Waals surface area contributed by atoms with E-state index < -0.39 is 10.0 Å². The SMILES string of the molecule is COc1ccc(Cl)cc1S(=O)(=O)N[C@H]1C[C@H]2CC[C@@H]1C2. The molecule has 0 aliphatic heterocycles. The van der Waals surface area contributed by atoms with Crippen LogP contribution in [0.3, 0.4) is 0 Å². The molecule has 0 spiro atoms. The van der Waals surface area contributed by atoms with Crippen LogP contribution >= 0.6 is 11.6 Å². The second-order valence-corrected chi connectivity index (χ2v) is 7.82. The van der Waals surface area contributed by atoms with Gasteiger partial charge < -0.3 is 4.74 Å². The maximum atomic E-state index is 12.5. The molecule has 20 heavy (non-hydrogen) atoms. The van der Waals surface area contributed by atoms with Crippen LogP contribution in [-0.2, 0) is 10.0 Å². The van der Waals surface area contributed by atoms with Crippen LogP contribution in [0.1, 0.15) is 25.7 Å². The van der Waals surface area contributed by atoms with Crippen LogP contribution in [0.4, 0.5) is 0 Å². The third-order valence-electron chi connectivity index (χ3n) is 4.46. The standard InChI is InChI=1S/C14H18ClNO3S/c1-19-13-5-4-11(15)8-14(13)20(17,18)16-12-7-9-2-3-10(12)6-9/h4-5,8-10,12,16H,2-3,6-7H2,1H3/t9-,10+,12-/m0/s1. The Hall–Kier alpha value is -0.780. The molecule has 2 fully saturated rings. The summed E-state index contributed by atoms with van der Waals surface area (Å²) in [5.41, 5.74) is 0. The van der Waals surface area contributed by atoms with Gasteiger partial charge in [0.25, 0.3) is 0 Å². The zero-order chi connectivity index (χ0) is 14.3. The van der Waals surface area contributed by atoms with Crippen LogP contribution < -0.4 is 9.46 Å². The molecular weight excluding hydrogens is 298 g/mol. The van der Waals surface area contributed by atoms with Crippen molar-refractivity contribution in [3.63, 3.8) is 0 Å². The van der Waals surface area contributed by atoms with Gasteiger partial charge in [-0.15, -0.1) is 0 Å². The summed E-state index contributed by atoms with van der Waals surface area (Å²) < 4.78 is 33.1. The Balaban J connectivity index is 1.86. The van der Waals surface area contributed by atoms with Crippen LogP contribution in [0, 0.1) is 11.8 Å². The molecular formula is C14H18ClNO3S. The predicted molar refractivity (Wildman–Crippen MR) is 77.6 cm³/mol. The fraction of sp³-hybridized carbons (Fsp3) is 0.571.